The van der Waals surface area contributed by atoms with Crippen LogP contribution in [0, 0.1) is 0 Å². The Labute approximate surface area is 717 Å². The molecule has 24 N–H and O–H groups in total. The SMILES string of the molecule is COC1C(O)[C@H](OC2C(O)[C@H](O[C@@H]3C(C)O[C@@H](OC4C(O)[C@H](OS(=O)(=O)O)CO[C@H]4O[C@H]4OC[C@H](OS(=O)(=O)O)C(O)C4O[C@H]4OC(C)[C@H](O[C@H]5OC(COS(=O)(=O)O)[C@H](O)C(O[C@H]6OC(COS(=O)(=O)O)[C@H](O)C(OC)C6O)C5O)C(O)C4O[C@H]4OC[C@H](O)C(O)C4O)C(O[C@@H]4OC[C@@H](O)C(O)C4O)C3O)OC(COS(=O)(=O)O)[C@H]2O)OC(COS(=O)(=O)O)[C@H]1O. The molecule has 0 amide bonds. The fourth-order valence-corrected chi connectivity index (χ4v) is 16.8. The van der Waals surface area contributed by atoms with Crippen molar-refractivity contribution in [2.24, 2.45) is 0 Å². The summed E-state index contributed by atoms with van der Waals surface area (Å²) < 4.78 is 349. The van der Waals surface area contributed by atoms with Crippen LogP contribution in [0.1, 0.15) is 13.8 Å². The highest BCUT2D eigenvalue weighted by Crippen LogP contribution is 2.42. The summed E-state index contributed by atoms with van der Waals surface area (Å²) in [6.45, 7) is -7.78. The molecule has 0 saturated carbocycles. The van der Waals surface area contributed by atoms with E-state index in [-0.39, 0.29) is 0 Å². The van der Waals surface area contributed by atoms with Gasteiger partial charge in [0.25, 0.3) is 0 Å². The fourth-order valence-electron chi connectivity index (χ4n) is 14.7. The third-order valence-electron chi connectivity index (χ3n) is 21.0. The van der Waals surface area contributed by atoms with Gasteiger partial charge in [-0.2, -0.15) is 50.5 Å². The van der Waals surface area contributed by atoms with Crippen LogP contribution in [0.2, 0.25) is 0 Å². The van der Waals surface area contributed by atoms with Crippen LogP contribution in [0.3, 0.4) is 0 Å². The van der Waals surface area contributed by atoms with Crippen LogP contribution in [0.5, 0.6) is 0 Å². The standard InChI is InChI=1S/C58H98O63S6/c1-13-39(111-53-37(75)43(27(65)19(109-53)11-103-124(83,84)85)113-51-35(73)41(95-3)25(63)17(107-51)9-101-122(77,78)79)33(71)47(115-49-31(69)23(61)15(59)5-97-49)57(105-13)117-45-29(67)21(120-126(89,90)91)7-99-55(45)119-56-46(30(68)22(8-100-56)121-127(92,93)94)118-58-48(116-50-32(70)24(62)16(60)6-98-50)34(72)40(14(2)106-58)112-54-38(76)44(28(66)20(110-54)12-104-125(86,87)88)114-52-36(74)42(96-4)26(64)18(108-52)10-102-123(80,81)82/h13-76H,5-12H2,1-4H3,(H,77,78,79)(H,80,81,82)(H,83,84,85)(H,86,87,88)(H,89,90,91)(H,92,93,94)/t13?,14?,15-,16+,17?,18?,19?,20?,21-,22+,23?,24?,25-,26+,27-,28+,29?,30?,31?,32?,33?,34?,35?,36?,37?,38?,39-,40+,41?,42?,43?,44?,45?,46?,47?,48?,49+,50-,51+,52-,53+,54-,55+,56-,57+,58-. The quantitative estimate of drug-likeness (QED) is 0.0259. The molecule has 10 heterocycles. The Hall–Kier alpha value is -2.34. The number of rotatable bonds is 36. The van der Waals surface area contributed by atoms with E-state index in [2.05, 4.69) is 25.1 Å². The minimum absolute atomic E-state index is 0.906. The molecule has 10 rings (SSSR count). The third kappa shape index (κ3) is 27.1. The second kappa shape index (κ2) is 43.6. The van der Waals surface area contributed by atoms with E-state index in [4.69, 9.17) is 99.5 Å². The summed E-state index contributed by atoms with van der Waals surface area (Å²) in [7, 11) is -31.2. The molecule has 0 aliphatic carbocycles. The predicted molar refractivity (Wildman–Crippen MR) is 375 cm³/mol. The Morgan fingerprint density at radius 1 is 0.236 bits per heavy atom. The van der Waals surface area contributed by atoms with Crippen molar-refractivity contribution in [3.8, 4) is 0 Å². The van der Waals surface area contributed by atoms with Gasteiger partial charge in [-0.05, 0) is 13.8 Å². The van der Waals surface area contributed by atoms with E-state index in [1.54, 1.807) is 0 Å². The normalized spacial score (nSPS) is 46.9. The first-order valence-electron chi connectivity index (χ1n) is 37.2. The minimum Gasteiger partial charge on any atom is -0.388 e. The molecule has 0 bridgehead atoms. The Kier molecular flexibility index (Phi) is 36.6. The molecule has 10 fully saturated rings. The van der Waals surface area contributed by atoms with Gasteiger partial charge >= 0.3 is 62.4 Å². The van der Waals surface area contributed by atoms with Crippen LogP contribution in [0.15, 0.2) is 0 Å². The zero-order chi connectivity index (χ0) is 94.3. The summed E-state index contributed by atoms with van der Waals surface area (Å²) in [5.74, 6) is 0. The van der Waals surface area contributed by atoms with Crippen LogP contribution in [-0.4, -0.2) is 519 Å². The highest BCUT2D eigenvalue weighted by Gasteiger charge is 2.62. The number of hydrogen-bond donors (Lipinski definition) is 24. The van der Waals surface area contributed by atoms with E-state index < -0.39 is 398 Å². The lowest BCUT2D eigenvalue weighted by atomic mass is 9.95. The lowest BCUT2D eigenvalue weighted by Gasteiger charge is -2.51. The van der Waals surface area contributed by atoms with Crippen molar-refractivity contribution in [2.45, 2.75) is 296 Å². The summed E-state index contributed by atoms with van der Waals surface area (Å²) in [4.78, 5) is 0. The first-order chi connectivity index (χ1) is 58.9. The lowest BCUT2D eigenvalue weighted by Crippen LogP contribution is -2.68. The molecule has 63 nitrogen and oxygen atoms in total. The van der Waals surface area contributed by atoms with Gasteiger partial charge in [0, 0.05) is 14.2 Å². The summed E-state index contributed by atoms with van der Waals surface area (Å²) in [6.07, 6.45) is -106. The molecule has 127 heavy (non-hydrogen) atoms. The Morgan fingerprint density at radius 3 is 0.756 bits per heavy atom. The monoisotopic (exact) mass is 1990 g/mol. The minimum atomic E-state index is -5.73. The highest BCUT2D eigenvalue weighted by atomic mass is 32.3. The maximum Gasteiger partial charge on any atom is 0.397 e. The van der Waals surface area contributed by atoms with Crippen LogP contribution in [0.4, 0.5) is 0 Å². The first-order valence-corrected chi connectivity index (χ1v) is 45.4. The van der Waals surface area contributed by atoms with E-state index in [1.807, 2.05) is 0 Å². The zero-order valence-electron chi connectivity index (χ0n) is 65.3. The predicted octanol–water partition coefficient (Wildman–Crippen LogP) is -17.9. The van der Waals surface area contributed by atoms with Crippen molar-refractivity contribution >= 4 is 62.4 Å². The van der Waals surface area contributed by atoms with Gasteiger partial charge in [-0.15, -0.1) is 0 Å². The van der Waals surface area contributed by atoms with Gasteiger partial charge < -0.3 is 191 Å². The van der Waals surface area contributed by atoms with Crippen molar-refractivity contribution in [2.75, 3.05) is 67.1 Å². The maximum absolute atomic E-state index is 12.6. The van der Waals surface area contributed by atoms with Crippen molar-refractivity contribution in [1.29, 1.82) is 0 Å². The molecule has 0 aromatic heterocycles. The van der Waals surface area contributed by atoms with Crippen molar-refractivity contribution in [1.82, 2.24) is 0 Å². The fraction of sp³-hybridized carbons (Fsp3) is 1.00. The first kappa shape index (κ1) is 107. The Balaban J connectivity index is 0.970. The molecule has 10 aliphatic rings. The molecule has 0 aromatic rings. The smallest absolute Gasteiger partial charge is 0.388 e. The number of aliphatic hydroxyl groups excluding tert-OH is 18. The van der Waals surface area contributed by atoms with Crippen LogP contribution in [0.25, 0.3) is 0 Å². The second-order valence-electron chi connectivity index (χ2n) is 29.7. The van der Waals surface area contributed by atoms with Crippen molar-refractivity contribution < 1.29 is 294 Å². The second-order valence-corrected chi connectivity index (χ2v) is 36.2. The van der Waals surface area contributed by atoms with Gasteiger partial charge in [0.1, 0.15) is 208 Å². The summed E-state index contributed by atoms with van der Waals surface area (Å²) >= 11 is 0. The summed E-state index contributed by atoms with van der Waals surface area (Å²) in [5.41, 5.74) is 0. The van der Waals surface area contributed by atoms with E-state index in [1.165, 1.54) is 0 Å². The van der Waals surface area contributed by atoms with Crippen LogP contribution in [-0.2, 0) is 187 Å². The molecule has 0 spiro atoms. The molecule has 69 heteroatoms. The van der Waals surface area contributed by atoms with Gasteiger partial charge in [-0.3, -0.25) is 27.3 Å². The van der Waals surface area contributed by atoms with Crippen LogP contribution < -0.4 is 0 Å². The zero-order valence-corrected chi connectivity index (χ0v) is 70.2. The Bertz CT molecular complexity index is 3970. The average molecular weight is 2000 g/mol. The molecule has 744 valence electrons. The third-order valence-corrected chi connectivity index (χ3v) is 23.7. The average Bonchev–Trinajstić information content (AvgIpc) is 0.707. The number of methoxy groups -OCH3 is 2. The molecular weight excluding hydrogens is 1900 g/mol. The molecule has 26 unspecified atom stereocenters. The summed E-state index contributed by atoms with van der Waals surface area (Å²) in [5, 5.41) is 206. The number of ether oxygens (including phenoxy) is 21. The van der Waals surface area contributed by atoms with E-state index in [9.17, 15) is 170 Å². The molecular formula is C58H98O63S6. The molecule has 10 saturated heterocycles. The highest BCUT2D eigenvalue weighted by molar-refractivity contribution is 7.82. The maximum atomic E-state index is 12.6. The molecule has 0 aromatic carbocycles. The van der Waals surface area contributed by atoms with E-state index in [0.29, 0.717) is 0 Å². The van der Waals surface area contributed by atoms with Gasteiger partial charge in [-0.25, -0.2) is 25.1 Å². The largest absolute Gasteiger partial charge is 0.397 e. The van der Waals surface area contributed by atoms with E-state index >= 15 is 0 Å². The van der Waals surface area contributed by atoms with Gasteiger partial charge in [0.2, 0.25) is 0 Å². The Morgan fingerprint density at radius 2 is 0.480 bits per heavy atom. The molecule has 46 atom stereocenters. The van der Waals surface area contributed by atoms with E-state index in [0.717, 1.165) is 28.1 Å². The molecule has 10 aliphatic heterocycles. The molecule has 0 radical (unpaired) electrons. The number of aliphatic hydroxyl groups is 18. The van der Waals surface area contributed by atoms with Gasteiger partial charge in [-0.1, -0.05) is 0 Å². The van der Waals surface area contributed by atoms with Crippen LogP contribution >= 0.6 is 0 Å². The number of hydrogen-bond acceptors (Lipinski definition) is 57. The lowest BCUT2D eigenvalue weighted by molar-refractivity contribution is -0.418. The summed E-state index contributed by atoms with van der Waals surface area (Å²) in [6, 6.07) is 0. The van der Waals surface area contributed by atoms with Crippen molar-refractivity contribution in [3.63, 3.8) is 0 Å². The van der Waals surface area contributed by atoms with Gasteiger partial charge in [0.15, 0.2) is 62.9 Å². The van der Waals surface area contributed by atoms with Gasteiger partial charge in [0.05, 0.1) is 65.1 Å². The van der Waals surface area contributed by atoms with Crippen molar-refractivity contribution in [3.05, 3.63) is 0 Å². The topological polar surface area (TPSA) is 940 Å².